The third-order valence-electron chi connectivity index (χ3n) is 7.11. The first-order valence-corrected chi connectivity index (χ1v) is 14.0. The summed E-state index contributed by atoms with van der Waals surface area (Å²) in [4.78, 5) is 0. The van der Waals surface area contributed by atoms with Gasteiger partial charge in [-0.05, 0) is 57.6 Å². The minimum absolute atomic E-state index is 0.161. The molecule has 4 aromatic carbocycles. The summed E-state index contributed by atoms with van der Waals surface area (Å²) in [7, 11) is 0. The number of benzene rings is 4. The van der Waals surface area contributed by atoms with Crippen LogP contribution in [-0.2, 0) is 28.1 Å². The zero-order chi connectivity index (χ0) is 28.9. The van der Waals surface area contributed by atoms with E-state index in [-0.39, 0.29) is 5.41 Å². The molecular weight excluding hydrogens is 508 g/mol. The molecule has 0 radical (unpaired) electrons. The van der Waals surface area contributed by atoms with Gasteiger partial charge in [-0.25, -0.2) is 0 Å². The van der Waals surface area contributed by atoms with Crippen LogP contribution in [0.1, 0.15) is 47.2 Å². The summed E-state index contributed by atoms with van der Waals surface area (Å²) in [6.45, 7) is 15.2. The van der Waals surface area contributed by atoms with E-state index in [1.807, 2.05) is 60.7 Å². The maximum Gasteiger partial charge on any atom is 0.119 e. The van der Waals surface area contributed by atoms with E-state index in [1.54, 1.807) is 0 Å². The standard InChI is InChI=1S/C37H40O4/c1-5-29-7-11-31(12-8-29)27-38-23-25-40-35-19-15-33(16-20-35)37(3,4)34-17-21-36(22-18-34)41-26-24-39-28-32-13-9-30(6-2)10-14-32/h5-22H,1-2,23-28H2,3-4H3. The number of hydrogen-bond donors (Lipinski definition) is 0. The molecule has 4 nitrogen and oxygen atoms in total. The predicted octanol–water partition coefficient (Wildman–Crippen LogP) is 8.49. The topological polar surface area (TPSA) is 36.9 Å². The van der Waals surface area contributed by atoms with Gasteiger partial charge in [-0.1, -0.05) is 112 Å². The second kappa shape index (κ2) is 15.0. The molecule has 4 rings (SSSR count). The van der Waals surface area contributed by atoms with Gasteiger partial charge in [-0.2, -0.15) is 0 Å². The van der Waals surface area contributed by atoms with Gasteiger partial charge in [0.2, 0.25) is 0 Å². The average Bonchev–Trinajstić information content (AvgIpc) is 3.02. The quantitative estimate of drug-likeness (QED) is 0.132. The molecule has 0 aliphatic rings. The molecule has 0 aliphatic heterocycles. The molecule has 0 bridgehead atoms. The van der Waals surface area contributed by atoms with Crippen LogP contribution in [0.3, 0.4) is 0 Å². The Bertz CT molecular complexity index is 1250. The summed E-state index contributed by atoms with van der Waals surface area (Å²) in [6, 6.07) is 33.0. The second-order valence-electron chi connectivity index (χ2n) is 10.4. The van der Waals surface area contributed by atoms with Crippen molar-refractivity contribution < 1.29 is 18.9 Å². The number of ether oxygens (including phenoxy) is 4. The lowest BCUT2D eigenvalue weighted by Crippen LogP contribution is -2.18. The summed E-state index contributed by atoms with van der Waals surface area (Å²) in [5.74, 6) is 1.67. The van der Waals surface area contributed by atoms with E-state index >= 15 is 0 Å². The van der Waals surface area contributed by atoms with Crippen LogP contribution in [0.15, 0.2) is 110 Å². The Hall–Kier alpha value is -4.12. The Balaban J connectivity index is 1.17. The molecule has 0 fully saturated rings. The first kappa shape index (κ1) is 29.9. The Morgan fingerprint density at radius 3 is 1.22 bits per heavy atom. The highest BCUT2D eigenvalue weighted by Crippen LogP contribution is 2.33. The maximum absolute atomic E-state index is 5.89. The summed E-state index contributed by atoms with van der Waals surface area (Å²) in [6.07, 6.45) is 3.67. The fourth-order valence-corrected chi connectivity index (χ4v) is 4.42. The van der Waals surface area contributed by atoms with Crippen LogP contribution in [-0.4, -0.2) is 26.4 Å². The average molecular weight is 549 g/mol. The van der Waals surface area contributed by atoms with Crippen LogP contribution in [0, 0.1) is 0 Å². The van der Waals surface area contributed by atoms with Gasteiger partial charge >= 0.3 is 0 Å². The Labute approximate surface area is 244 Å². The van der Waals surface area contributed by atoms with Crippen molar-refractivity contribution in [2.45, 2.75) is 32.5 Å². The van der Waals surface area contributed by atoms with E-state index in [0.717, 1.165) is 33.8 Å². The highest BCUT2D eigenvalue weighted by Gasteiger charge is 2.23. The molecule has 0 N–H and O–H groups in total. The van der Waals surface area contributed by atoms with Crippen molar-refractivity contribution in [1.82, 2.24) is 0 Å². The van der Waals surface area contributed by atoms with Crippen molar-refractivity contribution in [2.75, 3.05) is 26.4 Å². The predicted molar refractivity (Wildman–Crippen MR) is 168 cm³/mol. The van der Waals surface area contributed by atoms with Gasteiger partial charge in [0.05, 0.1) is 26.4 Å². The minimum atomic E-state index is -0.161. The van der Waals surface area contributed by atoms with Crippen LogP contribution in [0.2, 0.25) is 0 Å². The van der Waals surface area contributed by atoms with E-state index in [1.165, 1.54) is 11.1 Å². The Morgan fingerprint density at radius 2 is 0.878 bits per heavy atom. The van der Waals surface area contributed by atoms with Crippen LogP contribution in [0.4, 0.5) is 0 Å². The van der Waals surface area contributed by atoms with E-state index in [2.05, 4.69) is 75.5 Å². The van der Waals surface area contributed by atoms with Crippen molar-refractivity contribution >= 4 is 12.2 Å². The molecule has 0 saturated heterocycles. The zero-order valence-electron chi connectivity index (χ0n) is 24.2. The van der Waals surface area contributed by atoms with E-state index in [9.17, 15) is 0 Å². The molecule has 0 atom stereocenters. The molecule has 0 spiro atoms. The first-order chi connectivity index (χ1) is 20.0. The molecule has 0 unspecified atom stereocenters. The highest BCUT2D eigenvalue weighted by atomic mass is 16.5. The van der Waals surface area contributed by atoms with Gasteiger partial charge < -0.3 is 18.9 Å². The summed E-state index contributed by atoms with van der Waals surface area (Å²) >= 11 is 0. The molecule has 0 heterocycles. The van der Waals surface area contributed by atoms with Crippen molar-refractivity contribution in [3.8, 4) is 11.5 Å². The lowest BCUT2D eigenvalue weighted by molar-refractivity contribution is 0.0889. The molecule has 4 heteroatoms. The molecule has 0 saturated carbocycles. The smallest absolute Gasteiger partial charge is 0.119 e. The molecular formula is C37H40O4. The van der Waals surface area contributed by atoms with Gasteiger partial charge in [0.1, 0.15) is 24.7 Å². The molecule has 0 amide bonds. The molecule has 41 heavy (non-hydrogen) atoms. The SMILES string of the molecule is C=Cc1ccc(COCCOc2ccc(C(C)(C)c3ccc(OCCOCc4ccc(C=C)cc4)cc3)cc2)cc1. The monoisotopic (exact) mass is 548 g/mol. The summed E-state index contributed by atoms with van der Waals surface area (Å²) in [5.41, 5.74) is 6.75. The third kappa shape index (κ3) is 8.94. The van der Waals surface area contributed by atoms with Crippen LogP contribution in [0.5, 0.6) is 11.5 Å². The van der Waals surface area contributed by atoms with Gasteiger partial charge in [0.25, 0.3) is 0 Å². The maximum atomic E-state index is 5.89. The van der Waals surface area contributed by atoms with Crippen molar-refractivity contribution in [2.24, 2.45) is 0 Å². The van der Waals surface area contributed by atoms with Gasteiger partial charge in [-0.3, -0.25) is 0 Å². The summed E-state index contributed by atoms with van der Waals surface area (Å²) in [5, 5.41) is 0. The van der Waals surface area contributed by atoms with E-state index < -0.39 is 0 Å². The van der Waals surface area contributed by atoms with Crippen molar-refractivity contribution in [1.29, 1.82) is 0 Å². The van der Waals surface area contributed by atoms with Gasteiger partial charge in [0.15, 0.2) is 0 Å². The third-order valence-corrected chi connectivity index (χ3v) is 7.11. The molecule has 0 aliphatic carbocycles. The largest absolute Gasteiger partial charge is 0.491 e. The second-order valence-corrected chi connectivity index (χ2v) is 10.4. The fraction of sp³-hybridized carbons (Fsp3) is 0.243. The normalized spacial score (nSPS) is 11.2. The van der Waals surface area contributed by atoms with Crippen molar-refractivity contribution in [3.05, 3.63) is 144 Å². The zero-order valence-corrected chi connectivity index (χ0v) is 24.2. The van der Waals surface area contributed by atoms with E-state index in [0.29, 0.717) is 39.6 Å². The number of rotatable bonds is 16. The van der Waals surface area contributed by atoms with Gasteiger partial charge in [-0.15, -0.1) is 0 Å². The highest BCUT2D eigenvalue weighted by molar-refractivity contribution is 5.48. The first-order valence-electron chi connectivity index (χ1n) is 14.0. The Kier molecular flexibility index (Phi) is 10.9. The fourth-order valence-electron chi connectivity index (χ4n) is 4.42. The molecule has 212 valence electrons. The molecule has 4 aromatic rings. The number of hydrogen-bond acceptors (Lipinski definition) is 4. The van der Waals surface area contributed by atoms with E-state index in [4.69, 9.17) is 18.9 Å². The van der Waals surface area contributed by atoms with Crippen molar-refractivity contribution in [3.63, 3.8) is 0 Å². The lowest BCUT2D eigenvalue weighted by Gasteiger charge is -2.26. The molecule has 0 aromatic heterocycles. The minimum Gasteiger partial charge on any atom is -0.491 e. The summed E-state index contributed by atoms with van der Waals surface area (Å²) < 4.78 is 23.3. The van der Waals surface area contributed by atoms with Crippen LogP contribution in [0.25, 0.3) is 12.2 Å². The van der Waals surface area contributed by atoms with Crippen LogP contribution < -0.4 is 9.47 Å². The van der Waals surface area contributed by atoms with Gasteiger partial charge in [0, 0.05) is 5.41 Å². The van der Waals surface area contributed by atoms with Crippen LogP contribution >= 0.6 is 0 Å². The Morgan fingerprint density at radius 1 is 0.512 bits per heavy atom. The lowest BCUT2D eigenvalue weighted by atomic mass is 9.78.